The third-order valence-corrected chi connectivity index (χ3v) is 4.53. The van der Waals surface area contributed by atoms with Crippen molar-refractivity contribution in [1.82, 2.24) is 9.47 Å². The fraction of sp³-hybridized carbons (Fsp3) is 0.625. The van der Waals surface area contributed by atoms with Crippen LogP contribution in [0.2, 0.25) is 0 Å². The summed E-state index contributed by atoms with van der Waals surface area (Å²) in [6.45, 7) is 5.03. The number of pyridine rings is 1. The van der Waals surface area contributed by atoms with E-state index in [9.17, 15) is 9.59 Å². The van der Waals surface area contributed by atoms with Crippen LogP contribution in [-0.2, 0) is 24.2 Å². The molecule has 1 aromatic rings. The zero-order chi connectivity index (χ0) is 15.0. The largest absolute Gasteiger partial charge is 0.481 e. The number of rotatable bonds is 5. The molecule has 0 bridgehead atoms. The van der Waals surface area contributed by atoms with Gasteiger partial charge in [0.1, 0.15) is 0 Å². The van der Waals surface area contributed by atoms with Gasteiger partial charge in [0, 0.05) is 43.2 Å². The second-order valence-electron chi connectivity index (χ2n) is 6.06. The average molecular weight is 290 g/mol. The van der Waals surface area contributed by atoms with Crippen LogP contribution < -0.4 is 5.56 Å². The first-order chi connectivity index (χ1) is 10.1. The smallest absolute Gasteiger partial charge is 0.303 e. The maximum absolute atomic E-state index is 12.6. The van der Waals surface area contributed by atoms with Crippen molar-refractivity contribution < 1.29 is 9.90 Å². The molecule has 0 amide bonds. The Hall–Kier alpha value is -1.62. The van der Waals surface area contributed by atoms with Gasteiger partial charge in [0.15, 0.2) is 0 Å². The molecule has 2 heterocycles. The Morgan fingerprint density at radius 2 is 2.19 bits per heavy atom. The van der Waals surface area contributed by atoms with Crippen molar-refractivity contribution in [3.63, 3.8) is 0 Å². The highest BCUT2D eigenvalue weighted by atomic mass is 16.4. The van der Waals surface area contributed by atoms with Gasteiger partial charge < -0.3 is 9.67 Å². The van der Waals surface area contributed by atoms with Gasteiger partial charge in [-0.15, -0.1) is 0 Å². The van der Waals surface area contributed by atoms with Crippen molar-refractivity contribution in [1.29, 1.82) is 0 Å². The zero-order valence-corrected chi connectivity index (χ0v) is 12.5. The van der Waals surface area contributed by atoms with E-state index in [2.05, 4.69) is 11.8 Å². The number of aliphatic carboxylic acids is 1. The maximum atomic E-state index is 12.6. The molecule has 1 aliphatic heterocycles. The quantitative estimate of drug-likeness (QED) is 0.894. The molecule has 5 heteroatoms. The average Bonchev–Trinajstić information content (AvgIpc) is 3.29. The predicted octanol–water partition coefficient (Wildman–Crippen LogP) is 1.58. The fourth-order valence-corrected chi connectivity index (χ4v) is 3.20. The van der Waals surface area contributed by atoms with Gasteiger partial charge in [0.25, 0.3) is 5.56 Å². The molecular formula is C16H22N2O3. The molecule has 0 saturated heterocycles. The van der Waals surface area contributed by atoms with Gasteiger partial charge in [-0.05, 0) is 37.4 Å². The van der Waals surface area contributed by atoms with Crippen LogP contribution in [0.1, 0.15) is 49.0 Å². The topological polar surface area (TPSA) is 62.5 Å². The molecule has 1 fully saturated rings. The van der Waals surface area contributed by atoms with Crippen molar-refractivity contribution in [2.24, 2.45) is 0 Å². The monoisotopic (exact) mass is 290 g/mol. The van der Waals surface area contributed by atoms with Crippen LogP contribution >= 0.6 is 0 Å². The minimum Gasteiger partial charge on any atom is -0.481 e. The highest BCUT2D eigenvalue weighted by molar-refractivity contribution is 5.67. The molecule has 0 spiro atoms. The summed E-state index contributed by atoms with van der Waals surface area (Å²) in [4.78, 5) is 25.8. The van der Waals surface area contributed by atoms with E-state index in [4.69, 9.17) is 5.11 Å². The number of carbonyl (C=O) groups is 1. The number of likely N-dealkylation sites (N-methyl/N-ethyl adjacent to an activating group) is 1. The molecule has 1 aliphatic carbocycles. The Kier molecular flexibility index (Phi) is 3.85. The molecule has 114 valence electrons. The van der Waals surface area contributed by atoms with E-state index in [1.807, 2.05) is 10.6 Å². The lowest BCUT2D eigenvalue weighted by Crippen LogP contribution is -2.36. The molecule has 2 aliphatic rings. The highest BCUT2D eigenvalue weighted by Crippen LogP contribution is 2.36. The molecule has 0 atom stereocenters. The SMILES string of the molecule is CCN1CCc2c(cc(CCC(=O)O)c(=O)n2C2CC2)C1. The van der Waals surface area contributed by atoms with Crippen molar-refractivity contribution in [3.05, 3.63) is 33.2 Å². The molecule has 0 unspecified atom stereocenters. The van der Waals surface area contributed by atoms with Crippen LogP contribution in [0.4, 0.5) is 0 Å². The molecule has 1 saturated carbocycles. The minimum absolute atomic E-state index is 0.0240. The lowest BCUT2D eigenvalue weighted by Gasteiger charge is -2.30. The Bertz CT molecular complexity index is 617. The summed E-state index contributed by atoms with van der Waals surface area (Å²) in [5.41, 5.74) is 3.12. The summed E-state index contributed by atoms with van der Waals surface area (Å²) in [5, 5.41) is 8.86. The van der Waals surface area contributed by atoms with Crippen molar-refractivity contribution in [2.45, 2.75) is 51.6 Å². The molecule has 5 nitrogen and oxygen atoms in total. The van der Waals surface area contributed by atoms with Crippen LogP contribution in [0, 0.1) is 0 Å². The van der Waals surface area contributed by atoms with Crippen LogP contribution in [0.15, 0.2) is 10.9 Å². The lowest BCUT2D eigenvalue weighted by molar-refractivity contribution is -0.136. The minimum atomic E-state index is -0.847. The number of fused-ring (bicyclic) bond motifs is 1. The Balaban J connectivity index is 2.00. The van der Waals surface area contributed by atoms with E-state index in [1.54, 1.807) is 0 Å². The zero-order valence-electron chi connectivity index (χ0n) is 12.5. The van der Waals surface area contributed by atoms with Gasteiger partial charge >= 0.3 is 5.97 Å². The highest BCUT2D eigenvalue weighted by Gasteiger charge is 2.30. The molecule has 21 heavy (non-hydrogen) atoms. The summed E-state index contributed by atoms with van der Waals surface area (Å²) in [5.74, 6) is -0.847. The molecule has 1 aromatic heterocycles. The second kappa shape index (κ2) is 5.64. The van der Waals surface area contributed by atoms with Crippen LogP contribution in [0.3, 0.4) is 0 Å². The Morgan fingerprint density at radius 3 is 2.81 bits per heavy atom. The summed E-state index contributed by atoms with van der Waals surface area (Å²) >= 11 is 0. The van der Waals surface area contributed by atoms with Gasteiger partial charge in [-0.3, -0.25) is 14.5 Å². The molecule has 0 radical (unpaired) electrons. The van der Waals surface area contributed by atoms with Gasteiger partial charge in [0.05, 0.1) is 0 Å². The first kappa shape index (κ1) is 14.3. The number of hydrogen-bond donors (Lipinski definition) is 1. The van der Waals surface area contributed by atoms with E-state index in [0.29, 0.717) is 18.0 Å². The predicted molar refractivity (Wildman–Crippen MR) is 79.6 cm³/mol. The molecular weight excluding hydrogens is 268 g/mol. The maximum Gasteiger partial charge on any atom is 0.303 e. The van der Waals surface area contributed by atoms with Crippen LogP contribution in [-0.4, -0.2) is 33.6 Å². The van der Waals surface area contributed by atoms with Gasteiger partial charge in [0.2, 0.25) is 0 Å². The first-order valence-corrected chi connectivity index (χ1v) is 7.80. The second-order valence-corrected chi connectivity index (χ2v) is 6.06. The number of hydrogen-bond acceptors (Lipinski definition) is 3. The summed E-state index contributed by atoms with van der Waals surface area (Å²) in [7, 11) is 0. The van der Waals surface area contributed by atoms with Crippen molar-refractivity contribution >= 4 is 5.97 Å². The van der Waals surface area contributed by atoms with E-state index in [1.165, 1.54) is 11.3 Å². The van der Waals surface area contributed by atoms with Crippen molar-refractivity contribution in [3.8, 4) is 0 Å². The van der Waals surface area contributed by atoms with E-state index < -0.39 is 5.97 Å². The van der Waals surface area contributed by atoms with Gasteiger partial charge in [-0.25, -0.2) is 0 Å². The standard InChI is InChI=1S/C16H22N2O3/c1-2-17-8-7-14-12(10-17)9-11(3-6-15(19)20)16(21)18(14)13-4-5-13/h9,13H,2-8,10H2,1H3,(H,19,20). The normalized spacial score (nSPS) is 18.5. The molecule has 0 aromatic carbocycles. The van der Waals surface area contributed by atoms with Crippen molar-refractivity contribution in [2.75, 3.05) is 13.1 Å². The molecule has 3 rings (SSSR count). The van der Waals surface area contributed by atoms with Gasteiger partial charge in [-0.1, -0.05) is 6.92 Å². The number of carboxylic acid groups (broad SMARTS) is 1. The Morgan fingerprint density at radius 1 is 1.43 bits per heavy atom. The number of aryl methyl sites for hydroxylation is 1. The van der Waals surface area contributed by atoms with Crippen LogP contribution in [0.25, 0.3) is 0 Å². The number of aromatic nitrogens is 1. The van der Waals surface area contributed by atoms with E-state index >= 15 is 0 Å². The Labute approximate surface area is 124 Å². The van der Waals surface area contributed by atoms with E-state index in [-0.39, 0.29) is 12.0 Å². The third kappa shape index (κ3) is 2.88. The summed E-state index contributed by atoms with van der Waals surface area (Å²) < 4.78 is 1.97. The van der Waals surface area contributed by atoms with Gasteiger partial charge in [-0.2, -0.15) is 0 Å². The molecule has 1 N–H and O–H groups in total. The first-order valence-electron chi connectivity index (χ1n) is 7.80. The number of nitrogens with zero attached hydrogens (tertiary/aromatic N) is 2. The summed E-state index contributed by atoms with van der Waals surface area (Å²) in [6.07, 6.45) is 3.43. The van der Waals surface area contributed by atoms with E-state index in [0.717, 1.165) is 38.9 Å². The van der Waals surface area contributed by atoms with Crippen LogP contribution in [0.5, 0.6) is 0 Å². The number of carboxylic acids is 1. The lowest BCUT2D eigenvalue weighted by atomic mass is 10.0. The fourth-order valence-electron chi connectivity index (χ4n) is 3.20. The summed E-state index contributed by atoms with van der Waals surface area (Å²) in [6, 6.07) is 2.31. The third-order valence-electron chi connectivity index (χ3n) is 4.53.